The molecule has 2 aromatic rings. The first-order chi connectivity index (χ1) is 11.3. The number of aromatic nitrogens is 4. The van der Waals surface area contributed by atoms with Crippen molar-refractivity contribution in [1.29, 1.82) is 0 Å². The van der Waals surface area contributed by atoms with Gasteiger partial charge in [-0.15, -0.1) is 10.2 Å². The molecule has 23 heavy (non-hydrogen) atoms. The molecule has 122 valence electrons. The second kappa shape index (κ2) is 6.28. The van der Waals surface area contributed by atoms with Crippen molar-refractivity contribution < 1.29 is 4.74 Å². The van der Waals surface area contributed by atoms with Gasteiger partial charge >= 0.3 is 0 Å². The lowest BCUT2D eigenvalue weighted by molar-refractivity contribution is 0.108. The van der Waals surface area contributed by atoms with E-state index < -0.39 is 0 Å². The molecule has 0 aromatic carbocycles. The highest BCUT2D eigenvalue weighted by molar-refractivity contribution is 5.10. The Morgan fingerprint density at radius 1 is 1.17 bits per heavy atom. The monoisotopic (exact) mass is 313 g/mol. The predicted molar refractivity (Wildman–Crippen MR) is 86.0 cm³/mol. The molecule has 1 saturated carbocycles. The summed E-state index contributed by atoms with van der Waals surface area (Å²) in [7, 11) is 0. The summed E-state index contributed by atoms with van der Waals surface area (Å²) in [6.07, 6.45) is 7.12. The van der Waals surface area contributed by atoms with Crippen LogP contribution in [0.5, 0.6) is 5.88 Å². The molecule has 0 unspecified atom stereocenters. The van der Waals surface area contributed by atoms with Crippen LogP contribution in [0.2, 0.25) is 0 Å². The molecule has 6 heteroatoms. The van der Waals surface area contributed by atoms with Gasteiger partial charge in [0.05, 0.1) is 6.04 Å². The number of hydrogen-bond donors (Lipinski definition) is 0. The molecule has 2 aliphatic rings. The van der Waals surface area contributed by atoms with Crippen molar-refractivity contribution in [3.63, 3.8) is 0 Å². The molecule has 0 radical (unpaired) electrons. The molecule has 0 N–H and O–H groups in total. The summed E-state index contributed by atoms with van der Waals surface area (Å²) >= 11 is 0. The van der Waals surface area contributed by atoms with Crippen molar-refractivity contribution >= 4 is 0 Å². The van der Waals surface area contributed by atoms with Crippen LogP contribution in [0.1, 0.15) is 50.3 Å². The third-order valence-corrected chi connectivity index (χ3v) is 5.09. The van der Waals surface area contributed by atoms with Crippen LogP contribution < -0.4 is 4.74 Å². The van der Waals surface area contributed by atoms with E-state index in [-0.39, 0.29) is 0 Å². The van der Waals surface area contributed by atoms with E-state index in [4.69, 9.17) is 4.74 Å². The van der Waals surface area contributed by atoms with Gasteiger partial charge in [0, 0.05) is 31.4 Å². The SMILES string of the molecule is C[C@H]1c2nnc(COc3ccccn3)n2CCN1C1CCCC1. The number of pyridine rings is 1. The largest absolute Gasteiger partial charge is 0.469 e. The van der Waals surface area contributed by atoms with Crippen LogP contribution in [0.15, 0.2) is 24.4 Å². The van der Waals surface area contributed by atoms with Crippen LogP contribution in [-0.2, 0) is 13.2 Å². The highest BCUT2D eigenvalue weighted by Crippen LogP contribution is 2.32. The fourth-order valence-electron chi connectivity index (χ4n) is 3.87. The van der Waals surface area contributed by atoms with Crippen LogP contribution in [-0.4, -0.2) is 37.2 Å². The lowest BCUT2D eigenvalue weighted by Gasteiger charge is -2.37. The molecular formula is C17H23N5O. The minimum absolute atomic E-state index is 0.336. The summed E-state index contributed by atoms with van der Waals surface area (Å²) in [6.45, 7) is 4.69. The number of rotatable bonds is 4. The topological polar surface area (TPSA) is 56.1 Å². The van der Waals surface area contributed by atoms with E-state index in [9.17, 15) is 0 Å². The zero-order chi connectivity index (χ0) is 15.6. The van der Waals surface area contributed by atoms with Crippen LogP contribution in [0, 0.1) is 0 Å². The second-order valence-electron chi connectivity index (χ2n) is 6.43. The molecule has 3 heterocycles. The minimum atomic E-state index is 0.336. The first-order valence-corrected chi connectivity index (χ1v) is 8.54. The molecule has 6 nitrogen and oxygen atoms in total. The Bertz CT molecular complexity index is 650. The highest BCUT2D eigenvalue weighted by Gasteiger charge is 2.33. The zero-order valence-corrected chi connectivity index (χ0v) is 13.6. The summed E-state index contributed by atoms with van der Waals surface area (Å²) < 4.78 is 7.95. The maximum Gasteiger partial charge on any atom is 0.213 e. The molecule has 0 amide bonds. The maximum atomic E-state index is 5.73. The molecule has 1 aliphatic carbocycles. The van der Waals surface area contributed by atoms with E-state index in [2.05, 4.69) is 31.6 Å². The number of ether oxygens (including phenoxy) is 1. The average Bonchev–Trinajstić information content (AvgIpc) is 3.24. The number of nitrogens with zero attached hydrogens (tertiary/aromatic N) is 5. The Morgan fingerprint density at radius 2 is 2.04 bits per heavy atom. The fourth-order valence-corrected chi connectivity index (χ4v) is 3.87. The Labute approximate surface area is 136 Å². The Kier molecular flexibility index (Phi) is 3.99. The van der Waals surface area contributed by atoms with Crippen molar-refractivity contribution in [2.45, 2.75) is 57.8 Å². The number of hydrogen-bond acceptors (Lipinski definition) is 5. The van der Waals surface area contributed by atoms with Gasteiger partial charge < -0.3 is 9.30 Å². The molecule has 2 aromatic heterocycles. The molecule has 1 aliphatic heterocycles. The van der Waals surface area contributed by atoms with Crippen LogP contribution in [0.3, 0.4) is 0 Å². The van der Waals surface area contributed by atoms with Crippen molar-refractivity contribution in [2.75, 3.05) is 6.54 Å². The van der Waals surface area contributed by atoms with Crippen LogP contribution >= 0.6 is 0 Å². The quantitative estimate of drug-likeness (QED) is 0.868. The van der Waals surface area contributed by atoms with E-state index in [0.29, 0.717) is 18.5 Å². The van der Waals surface area contributed by atoms with Gasteiger partial charge in [-0.2, -0.15) is 0 Å². The van der Waals surface area contributed by atoms with E-state index in [1.54, 1.807) is 6.20 Å². The standard InChI is InChI=1S/C17H23N5O/c1-13-17-20-19-15(12-23-16-8-4-5-9-18-16)22(17)11-10-21(13)14-6-2-3-7-14/h4-5,8-9,13-14H,2-3,6-7,10-12H2,1H3/t13-/m0/s1. The van der Waals surface area contributed by atoms with Gasteiger partial charge in [0.25, 0.3) is 0 Å². The first-order valence-electron chi connectivity index (χ1n) is 8.54. The molecule has 1 fully saturated rings. The summed E-state index contributed by atoms with van der Waals surface area (Å²) in [5, 5.41) is 8.80. The van der Waals surface area contributed by atoms with Crippen molar-refractivity contribution in [3.05, 3.63) is 36.0 Å². The summed E-state index contributed by atoms with van der Waals surface area (Å²) in [6, 6.07) is 6.72. The average molecular weight is 313 g/mol. The molecule has 0 saturated heterocycles. The highest BCUT2D eigenvalue weighted by atomic mass is 16.5. The zero-order valence-electron chi connectivity index (χ0n) is 13.6. The lowest BCUT2D eigenvalue weighted by Crippen LogP contribution is -2.43. The van der Waals surface area contributed by atoms with Crippen LogP contribution in [0.4, 0.5) is 0 Å². The molecule has 4 rings (SSSR count). The normalized spacial score (nSPS) is 22.2. The van der Waals surface area contributed by atoms with Gasteiger partial charge in [0.1, 0.15) is 12.4 Å². The predicted octanol–water partition coefficient (Wildman–Crippen LogP) is 2.57. The van der Waals surface area contributed by atoms with Crippen molar-refractivity contribution in [3.8, 4) is 5.88 Å². The third kappa shape index (κ3) is 2.83. The van der Waals surface area contributed by atoms with Crippen molar-refractivity contribution in [1.82, 2.24) is 24.6 Å². The van der Waals surface area contributed by atoms with Gasteiger partial charge in [0.2, 0.25) is 5.88 Å². The molecule has 0 spiro atoms. The summed E-state index contributed by atoms with van der Waals surface area (Å²) in [5.41, 5.74) is 0. The molecule has 0 bridgehead atoms. The fraction of sp³-hybridized carbons (Fsp3) is 0.588. The summed E-state index contributed by atoms with van der Waals surface area (Å²) in [5.74, 6) is 2.59. The van der Waals surface area contributed by atoms with Gasteiger partial charge in [-0.25, -0.2) is 4.98 Å². The molecule has 1 atom stereocenters. The smallest absolute Gasteiger partial charge is 0.213 e. The van der Waals surface area contributed by atoms with Gasteiger partial charge in [-0.3, -0.25) is 4.90 Å². The second-order valence-corrected chi connectivity index (χ2v) is 6.43. The van der Waals surface area contributed by atoms with Crippen molar-refractivity contribution in [2.24, 2.45) is 0 Å². The Balaban J connectivity index is 1.47. The van der Waals surface area contributed by atoms with E-state index in [0.717, 1.165) is 30.8 Å². The number of fused-ring (bicyclic) bond motifs is 1. The van der Waals surface area contributed by atoms with Crippen LogP contribution in [0.25, 0.3) is 0 Å². The lowest BCUT2D eigenvalue weighted by atomic mass is 10.1. The first kappa shape index (κ1) is 14.6. The maximum absolute atomic E-state index is 5.73. The Morgan fingerprint density at radius 3 is 2.83 bits per heavy atom. The third-order valence-electron chi connectivity index (χ3n) is 5.09. The summed E-state index contributed by atoms with van der Waals surface area (Å²) in [4.78, 5) is 6.79. The van der Waals surface area contributed by atoms with Gasteiger partial charge in [-0.05, 0) is 25.8 Å². The van der Waals surface area contributed by atoms with Gasteiger partial charge in [0.15, 0.2) is 5.82 Å². The Hall–Kier alpha value is -1.95. The van der Waals surface area contributed by atoms with E-state index in [1.807, 2.05) is 18.2 Å². The molecular weight excluding hydrogens is 290 g/mol. The minimum Gasteiger partial charge on any atom is -0.469 e. The van der Waals surface area contributed by atoms with Gasteiger partial charge in [-0.1, -0.05) is 18.9 Å². The van der Waals surface area contributed by atoms with E-state index in [1.165, 1.54) is 25.7 Å². The van der Waals surface area contributed by atoms with E-state index >= 15 is 0 Å².